The maximum atomic E-state index is 14.8. The Hall–Kier alpha value is -1.47. The van der Waals surface area contributed by atoms with E-state index < -0.39 is 67.5 Å². The molecule has 1 unspecified atom stereocenters. The Morgan fingerprint density at radius 1 is 1.29 bits per heavy atom. The van der Waals surface area contributed by atoms with Crippen LogP contribution >= 0.6 is 20.0 Å². The van der Waals surface area contributed by atoms with Gasteiger partial charge in [-0.2, -0.15) is 0 Å². The quantitative estimate of drug-likeness (QED) is 0.307. The molecule has 3 fully saturated rings. The molecule has 5 atom stereocenters. The van der Waals surface area contributed by atoms with Crippen molar-refractivity contribution >= 4 is 25.1 Å². The summed E-state index contributed by atoms with van der Waals surface area (Å²) in [5.41, 5.74) is -4.87. The lowest BCUT2D eigenvalue weighted by Gasteiger charge is -2.32. The van der Waals surface area contributed by atoms with Crippen molar-refractivity contribution in [3.8, 4) is 0 Å². The van der Waals surface area contributed by atoms with E-state index in [1.54, 1.807) is 6.92 Å². The number of alkyl halides is 1. The normalized spacial score (nSPS) is 30.6. The molecule has 4 rings (SSSR count). The van der Waals surface area contributed by atoms with E-state index >= 15 is 0 Å². The van der Waals surface area contributed by atoms with Crippen molar-refractivity contribution in [1.29, 1.82) is 0 Å². The summed E-state index contributed by atoms with van der Waals surface area (Å²) in [6, 6.07) is 1.16. The fourth-order valence-electron chi connectivity index (χ4n) is 5.13. The molecule has 1 aromatic heterocycles. The topological polar surface area (TPSA) is 135 Å². The number of hydrogen-bond donors (Lipinski definition) is 1. The van der Waals surface area contributed by atoms with Crippen molar-refractivity contribution in [1.82, 2.24) is 9.55 Å². The number of fused-ring (bicyclic) bond motifs is 1. The van der Waals surface area contributed by atoms with Gasteiger partial charge in [-0.25, -0.2) is 9.18 Å². The zero-order valence-corrected chi connectivity index (χ0v) is 23.7. The van der Waals surface area contributed by atoms with E-state index in [0.29, 0.717) is 19.3 Å². The number of nitrogens with one attached hydrogen (secondary N) is 1. The first-order chi connectivity index (χ1) is 17.9. The second kappa shape index (κ2) is 11.2. The zero-order valence-electron chi connectivity index (χ0n) is 22.0. The van der Waals surface area contributed by atoms with Crippen LogP contribution in [0.15, 0.2) is 21.9 Å². The number of carbonyl (C=O) groups is 1. The van der Waals surface area contributed by atoms with Crippen LogP contribution in [0.25, 0.3) is 0 Å². The second-order valence-corrected chi connectivity index (χ2v) is 12.8. The van der Waals surface area contributed by atoms with Crippen LogP contribution in [0.1, 0.15) is 66.0 Å². The number of hydrogen-bond acceptors (Lipinski definition) is 10. The summed E-state index contributed by atoms with van der Waals surface area (Å²) >= 11 is 1.09. The van der Waals surface area contributed by atoms with Crippen LogP contribution in [0.2, 0.25) is 0 Å². The lowest BCUT2D eigenvalue weighted by molar-refractivity contribution is -0.252. The van der Waals surface area contributed by atoms with Gasteiger partial charge in [0, 0.05) is 40.8 Å². The van der Waals surface area contributed by atoms with Gasteiger partial charge in [0.25, 0.3) is 5.56 Å². The van der Waals surface area contributed by atoms with Crippen molar-refractivity contribution < 1.29 is 37.0 Å². The molecular formula is C24H35FN2O9PS+. The van der Waals surface area contributed by atoms with E-state index in [9.17, 15) is 23.3 Å². The van der Waals surface area contributed by atoms with E-state index in [2.05, 4.69) is 4.98 Å². The monoisotopic (exact) mass is 577 g/mol. The number of H-pyrrole nitrogens is 1. The van der Waals surface area contributed by atoms with E-state index in [1.807, 2.05) is 20.8 Å². The molecule has 38 heavy (non-hydrogen) atoms. The summed E-state index contributed by atoms with van der Waals surface area (Å²) in [4.78, 5) is 38.7. The summed E-state index contributed by atoms with van der Waals surface area (Å²) < 4.78 is 57.9. The Morgan fingerprint density at radius 2 is 2.00 bits per heavy atom. The van der Waals surface area contributed by atoms with Gasteiger partial charge in [0.1, 0.15) is 31.6 Å². The highest BCUT2D eigenvalue weighted by molar-refractivity contribution is 8.13. The van der Waals surface area contributed by atoms with E-state index in [4.69, 9.17) is 23.3 Å². The number of halogens is 1. The summed E-state index contributed by atoms with van der Waals surface area (Å²) in [6.45, 7) is 5.74. The third-order valence-corrected chi connectivity index (χ3v) is 9.55. The van der Waals surface area contributed by atoms with Crippen LogP contribution in [0, 0.1) is 5.41 Å². The molecule has 1 aromatic rings. The van der Waals surface area contributed by atoms with E-state index in [0.717, 1.165) is 35.2 Å². The standard InChI is InChI=1S/C24H34FN2O9PS/c1-5-21(2,3)19(29)38-13-12-32-37(31)33-15-23(14-25)17-22(4,36-24(34-17)9-6-7-10-24)18(35-23)27-11-8-16(28)26-20(27)30/h8,11,17-18H,5-7,9-10,12-15H2,1-4H3/p+1/t17-,18+,22+,23+/m0/s1. The number of aromatic nitrogens is 2. The van der Waals surface area contributed by atoms with Gasteiger partial charge in [0.05, 0.1) is 0 Å². The van der Waals surface area contributed by atoms with E-state index in [-0.39, 0.29) is 17.5 Å². The van der Waals surface area contributed by atoms with Crippen LogP contribution in [-0.2, 0) is 32.6 Å². The Kier molecular flexibility index (Phi) is 8.69. The Bertz CT molecular complexity index is 1170. The Balaban J connectivity index is 1.47. The summed E-state index contributed by atoms with van der Waals surface area (Å²) in [5.74, 6) is -0.669. The summed E-state index contributed by atoms with van der Waals surface area (Å²) in [6.07, 6.45) is 2.71. The van der Waals surface area contributed by atoms with Gasteiger partial charge in [-0.15, -0.1) is 9.05 Å². The number of carbonyl (C=O) groups excluding carboxylic acids is 1. The first kappa shape index (κ1) is 29.5. The summed E-state index contributed by atoms with van der Waals surface area (Å²) in [7, 11) is -2.66. The SMILES string of the molecule is CCC(C)(C)C(=O)SCCO[P+](=O)OC[C@@]1(CF)O[C@@H](n2ccc(=O)[nH]c2=O)[C@]2(C)OC3(CCCC3)O[C@H]12. The van der Waals surface area contributed by atoms with Crippen molar-refractivity contribution in [3.05, 3.63) is 33.1 Å². The highest BCUT2D eigenvalue weighted by Gasteiger charge is 2.73. The number of ether oxygens (including phenoxy) is 3. The molecular weight excluding hydrogens is 542 g/mol. The molecule has 0 amide bonds. The average Bonchev–Trinajstić information content (AvgIpc) is 3.52. The average molecular weight is 578 g/mol. The molecule has 0 radical (unpaired) electrons. The molecule has 3 aliphatic rings. The molecule has 14 heteroatoms. The van der Waals surface area contributed by atoms with Gasteiger partial charge in [0.15, 0.2) is 22.7 Å². The summed E-state index contributed by atoms with van der Waals surface area (Å²) in [5, 5.41) is 0.0116. The van der Waals surface area contributed by atoms with Crippen LogP contribution in [0.3, 0.4) is 0 Å². The number of rotatable bonds is 11. The highest BCUT2D eigenvalue weighted by Crippen LogP contribution is 2.58. The molecule has 0 aromatic carbocycles. The largest absolute Gasteiger partial charge is 0.697 e. The van der Waals surface area contributed by atoms with Crippen LogP contribution in [0.5, 0.6) is 0 Å². The molecule has 212 valence electrons. The van der Waals surface area contributed by atoms with Crippen molar-refractivity contribution in [2.75, 3.05) is 25.6 Å². The molecule has 11 nitrogen and oxygen atoms in total. The third kappa shape index (κ3) is 5.56. The minimum Gasteiger partial charge on any atom is -0.340 e. The molecule has 2 saturated heterocycles. The maximum Gasteiger partial charge on any atom is 0.697 e. The van der Waals surface area contributed by atoms with Crippen LogP contribution in [0.4, 0.5) is 4.39 Å². The van der Waals surface area contributed by atoms with Crippen LogP contribution in [-0.4, -0.2) is 63.4 Å². The molecule has 1 spiro atoms. The van der Waals surface area contributed by atoms with Gasteiger partial charge >= 0.3 is 13.9 Å². The highest BCUT2D eigenvalue weighted by atomic mass is 32.2. The predicted molar refractivity (Wildman–Crippen MR) is 137 cm³/mol. The maximum absolute atomic E-state index is 14.8. The minimum absolute atomic E-state index is 0.00580. The van der Waals surface area contributed by atoms with Gasteiger partial charge in [0.2, 0.25) is 0 Å². The first-order valence-electron chi connectivity index (χ1n) is 12.7. The third-order valence-electron chi connectivity index (χ3n) is 7.63. The Labute approximate surface area is 225 Å². The molecule has 1 aliphatic carbocycles. The minimum atomic E-state index is -2.66. The smallest absolute Gasteiger partial charge is 0.340 e. The fourth-order valence-corrected chi connectivity index (χ4v) is 6.78. The Morgan fingerprint density at radius 3 is 2.63 bits per heavy atom. The lowest BCUT2D eigenvalue weighted by atomic mass is 9.88. The van der Waals surface area contributed by atoms with Gasteiger partial charge in [-0.1, -0.05) is 32.5 Å². The molecule has 1 N–H and O–H groups in total. The van der Waals surface area contributed by atoms with Gasteiger partial charge in [-0.05, 0) is 26.2 Å². The second-order valence-electron chi connectivity index (χ2n) is 10.8. The molecule has 2 aliphatic heterocycles. The number of nitrogens with zero attached hydrogens (tertiary/aromatic N) is 1. The number of aromatic amines is 1. The zero-order chi connectivity index (χ0) is 27.8. The van der Waals surface area contributed by atoms with Crippen molar-refractivity contribution in [2.45, 2.75) is 89.1 Å². The number of thioether (sulfide) groups is 1. The molecule has 0 bridgehead atoms. The van der Waals surface area contributed by atoms with E-state index in [1.165, 1.54) is 6.20 Å². The van der Waals surface area contributed by atoms with Crippen molar-refractivity contribution in [3.63, 3.8) is 0 Å². The first-order valence-corrected chi connectivity index (χ1v) is 14.8. The van der Waals surface area contributed by atoms with Gasteiger partial charge in [-0.3, -0.25) is 19.1 Å². The lowest BCUT2D eigenvalue weighted by Crippen LogP contribution is -2.51. The predicted octanol–water partition coefficient (Wildman–Crippen LogP) is 3.60. The van der Waals surface area contributed by atoms with Crippen LogP contribution < -0.4 is 11.2 Å². The molecule has 1 saturated carbocycles. The molecule has 3 heterocycles. The van der Waals surface area contributed by atoms with Gasteiger partial charge < -0.3 is 14.2 Å². The van der Waals surface area contributed by atoms with Crippen molar-refractivity contribution in [2.24, 2.45) is 5.41 Å². The fraction of sp³-hybridized carbons (Fsp3) is 0.792.